The molecule has 0 radical (unpaired) electrons. The number of para-hydroxylation sites is 1. The van der Waals surface area contributed by atoms with Gasteiger partial charge in [0.05, 0.1) is 0 Å². The first kappa shape index (κ1) is 34.4. The summed E-state index contributed by atoms with van der Waals surface area (Å²) in [6.45, 7) is 13.5. The van der Waals surface area contributed by atoms with Gasteiger partial charge in [-0.3, -0.25) is 9.59 Å². The molecule has 0 spiro atoms. The SMILES string of the molecule is C#Cc1ccc(C(C(=O)Nc2ccccc2C)N(CCCCCCCC)C(=O)C(NC(=O)OC(C)(C)C)C(C)C)cc1. The number of anilines is 1. The summed E-state index contributed by atoms with van der Waals surface area (Å²) >= 11 is 0. The molecule has 2 atom stereocenters. The molecule has 0 aliphatic carbocycles. The molecule has 0 saturated heterocycles. The van der Waals surface area contributed by atoms with Crippen LogP contribution in [-0.4, -0.2) is 41.0 Å². The van der Waals surface area contributed by atoms with Crippen LogP contribution in [-0.2, 0) is 14.3 Å². The number of rotatable bonds is 14. The number of hydrogen-bond donors (Lipinski definition) is 2. The Morgan fingerprint density at radius 1 is 0.952 bits per heavy atom. The van der Waals surface area contributed by atoms with Crippen LogP contribution in [0.4, 0.5) is 10.5 Å². The second kappa shape index (κ2) is 16.6. The Kier molecular flexibility index (Phi) is 13.6. The Morgan fingerprint density at radius 3 is 2.14 bits per heavy atom. The fourth-order valence-electron chi connectivity index (χ4n) is 4.70. The van der Waals surface area contributed by atoms with Gasteiger partial charge in [0, 0.05) is 17.8 Å². The van der Waals surface area contributed by atoms with Crippen molar-refractivity contribution in [3.63, 3.8) is 0 Å². The van der Waals surface area contributed by atoms with E-state index in [1.807, 2.05) is 45.0 Å². The Hall–Kier alpha value is -3.79. The second-order valence-electron chi connectivity index (χ2n) is 12.1. The summed E-state index contributed by atoms with van der Waals surface area (Å²) in [7, 11) is 0. The van der Waals surface area contributed by atoms with Crippen molar-refractivity contribution >= 4 is 23.6 Å². The highest BCUT2D eigenvalue weighted by molar-refractivity contribution is 5.99. The van der Waals surface area contributed by atoms with Crippen LogP contribution in [0.3, 0.4) is 0 Å². The molecule has 2 aromatic carbocycles. The Labute approximate surface area is 252 Å². The van der Waals surface area contributed by atoms with Crippen LogP contribution in [0, 0.1) is 25.2 Å². The molecule has 3 amide bonds. The van der Waals surface area contributed by atoms with Gasteiger partial charge in [-0.05, 0) is 69.4 Å². The normalized spacial score (nSPS) is 12.6. The third-order valence-electron chi connectivity index (χ3n) is 7.00. The number of unbranched alkanes of at least 4 members (excludes halogenated alkanes) is 5. The highest BCUT2D eigenvalue weighted by Gasteiger charge is 2.37. The van der Waals surface area contributed by atoms with E-state index in [1.54, 1.807) is 49.9 Å². The van der Waals surface area contributed by atoms with Crippen LogP contribution in [0.15, 0.2) is 48.5 Å². The maximum absolute atomic E-state index is 14.4. The summed E-state index contributed by atoms with van der Waals surface area (Å²) in [6.07, 6.45) is 11.1. The Morgan fingerprint density at radius 2 is 1.57 bits per heavy atom. The van der Waals surface area contributed by atoms with Gasteiger partial charge in [-0.1, -0.05) is 89.1 Å². The van der Waals surface area contributed by atoms with Crippen LogP contribution in [0.1, 0.15) is 103 Å². The summed E-state index contributed by atoms with van der Waals surface area (Å²) in [6, 6.07) is 12.8. The van der Waals surface area contributed by atoms with E-state index >= 15 is 0 Å². The van der Waals surface area contributed by atoms with Gasteiger partial charge in [-0.2, -0.15) is 0 Å². The van der Waals surface area contributed by atoms with Gasteiger partial charge in [0.25, 0.3) is 5.91 Å². The average Bonchev–Trinajstić information content (AvgIpc) is 2.93. The summed E-state index contributed by atoms with van der Waals surface area (Å²) in [5, 5.41) is 5.83. The minimum atomic E-state index is -0.943. The minimum absolute atomic E-state index is 0.249. The summed E-state index contributed by atoms with van der Waals surface area (Å²) < 4.78 is 5.48. The van der Waals surface area contributed by atoms with Crippen LogP contribution >= 0.6 is 0 Å². The number of nitrogens with one attached hydrogen (secondary N) is 2. The summed E-state index contributed by atoms with van der Waals surface area (Å²) in [5.41, 5.74) is 2.18. The van der Waals surface area contributed by atoms with Crippen molar-refractivity contribution in [2.75, 3.05) is 11.9 Å². The van der Waals surface area contributed by atoms with Crippen LogP contribution in [0.5, 0.6) is 0 Å². The maximum Gasteiger partial charge on any atom is 0.408 e. The van der Waals surface area contributed by atoms with Crippen molar-refractivity contribution in [1.29, 1.82) is 0 Å². The van der Waals surface area contributed by atoms with Crippen LogP contribution < -0.4 is 10.6 Å². The first-order chi connectivity index (χ1) is 19.9. The zero-order valence-electron chi connectivity index (χ0n) is 26.5. The monoisotopic (exact) mass is 575 g/mol. The molecule has 7 nitrogen and oxygen atoms in total. The fourth-order valence-corrected chi connectivity index (χ4v) is 4.70. The first-order valence-corrected chi connectivity index (χ1v) is 15.1. The van der Waals surface area contributed by atoms with E-state index in [2.05, 4.69) is 23.5 Å². The minimum Gasteiger partial charge on any atom is -0.444 e. The summed E-state index contributed by atoms with van der Waals surface area (Å²) in [4.78, 5) is 42.8. The molecule has 2 rings (SSSR count). The van der Waals surface area contributed by atoms with Crippen molar-refractivity contribution in [3.05, 3.63) is 65.2 Å². The van der Waals surface area contributed by atoms with Crippen LogP contribution in [0.2, 0.25) is 0 Å². The maximum atomic E-state index is 14.4. The number of terminal acetylenes is 1. The van der Waals surface area contributed by atoms with Gasteiger partial charge in [0.15, 0.2) is 0 Å². The molecule has 0 aliphatic rings. The second-order valence-corrected chi connectivity index (χ2v) is 12.1. The van der Waals surface area contributed by atoms with E-state index in [4.69, 9.17) is 11.2 Å². The molecule has 0 aromatic heterocycles. The third kappa shape index (κ3) is 10.9. The number of nitrogens with zero attached hydrogens (tertiary/aromatic N) is 1. The standard InChI is InChI=1S/C35H49N3O4/c1-9-11-12-13-14-17-24-38(33(40)30(25(3)4)37-34(41)42-35(6,7)8)31(28-22-20-27(10-2)21-23-28)32(39)36-29-19-16-15-18-26(29)5/h2,15-16,18-23,25,30-31H,9,11-14,17,24H2,1,3-8H3,(H,36,39)(H,37,41). The molecule has 0 aliphatic heterocycles. The molecule has 0 heterocycles. The molecule has 2 aromatic rings. The quantitative estimate of drug-likeness (QED) is 0.182. The largest absolute Gasteiger partial charge is 0.444 e. The van der Waals surface area contributed by atoms with E-state index < -0.39 is 23.8 Å². The molecular formula is C35H49N3O4. The smallest absolute Gasteiger partial charge is 0.408 e. The first-order valence-electron chi connectivity index (χ1n) is 15.1. The number of amides is 3. The number of aryl methyl sites for hydroxylation is 1. The molecule has 42 heavy (non-hydrogen) atoms. The van der Waals surface area contributed by atoms with E-state index in [9.17, 15) is 14.4 Å². The molecule has 0 saturated carbocycles. The number of hydrogen-bond acceptors (Lipinski definition) is 4. The highest BCUT2D eigenvalue weighted by Crippen LogP contribution is 2.27. The molecule has 0 fully saturated rings. The lowest BCUT2D eigenvalue weighted by molar-refractivity contribution is -0.141. The van der Waals surface area contributed by atoms with Crippen LogP contribution in [0.25, 0.3) is 0 Å². The van der Waals surface area contributed by atoms with Gasteiger partial charge in [0.2, 0.25) is 5.91 Å². The molecule has 228 valence electrons. The zero-order chi connectivity index (χ0) is 31.3. The summed E-state index contributed by atoms with van der Waals surface area (Å²) in [5.74, 6) is 1.69. The Bertz CT molecular complexity index is 1210. The van der Waals surface area contributed by atoms with Crippen molar-refractivity contribution in [2.24, 2.45) is 5.92 Å². The van der Waals surface area contributed by atoms with E-state index in [0.717, 1.165) is 37.7 Å². The van der Waals surface area contributed by atoms with Gasteiger partial charge < -0.3 is 20.3 Å². The average molecular weight is 576 g/mol. The molecule has 0 bridgehead atoms. The topological polar surface area (TPSA) is 87.7 Å². The molecule has 2 unspecified atom stereocenters. The number of benzene rings is 2. The fraction of sp³-hybridized carbons (Fsp3) is 0.514. The highest BCUT2D eigenvalue weighted by atomic mass is 16.6. The van der Waals surface area contributed by atoms with Gasteiger partial charge in [-0.25, -0.2) is 4.79 Å². The molecule has 7 heteroatoms. The van der Waals surface area contributed by atoms with Crippen molar-refractivity contribution in [2.45, 2.75) is 105 Å². The van der Waals surface area contributed by atoms with E-state index in [1.165, 1.54) is 6.42 Å². The van der Waals surface area contributed by atoms with Gasteiger partial charge in [-0.15, -0.1) is 6.42 Å². The molecule has 2 N–H and O–H groups in total. The van der Waals surface area contributed by atoms with E-state index in [0.29, 0.717) is 23.4 Å². The number of ether oxygens (including phenoxy) is 1. The number of carbonyl (C=O) groups is 3. The third-order valence-corrected chi connectivity index (χ3v) is 7.00. The molecular weight excluding hydrogens is 526 g/mol. The number of carbonyl (C=O) groups excluding carboxylic acids is 3. The Balaban J connectivity index is 2.52. The number of alkyl carbamates (subject to hydrolysis) is 1. The predicted molar refractivity (Wildman–Crippen MR) is 170 cm³/mol. The lowest BCUT2D eigenvalue weighted by Gasteiger charge is -2.35. The lowest BCUT2D eigenvalue weighted by atomic mass is 9.97. The van der Waals surface area contributed by atoms with Gasteiger partial charge in [0.1, 0.15) is 17.7 Å². The lowest BCUT2D eigenvalue weighted by Crippen LogP contribution is -2.54. The van der Waals surface area contributed by atoms with Crippen molar-refractivity contribution < 1.29 is 19.1 Å². The van der Waals surface area contributed by atoms with Crippen molar-refractivity contribution in [1.82, 2.24) is 10.2 Å². The van der Waals surface area contributed by atoms with E-state index in [-0.39, 0.29) is 17.7 Å². The zero-order valence-corrected chi connectivity index (χ0v) is 26.5. The predicted octanol–water partition coefficient (Wildman–Crippen LogP) is 7.39. The van der Waals surface area contributed by atoms with Gasteiger partial charge >= 0.3 is 6.09 Å². The van der Waals surface area contributed by atoms with Crippen molar-refractivity contribution in [3.8, 4) is 12.3 Å².